The van der Waals surface area contributed by atoms with Crippen LogP contribution in [0.2, 0.25) is 5.02 Å². The molecule has 4 aromatic carbocycles. The standard InChI is InChI=1S/C24H15ClS/c25-17-13-14-18(21(15-17)16-7-2-1-3-8-16)19-10-6-12-23-24(19)20-9-4-5-11-22(20)26-23/h1-15H/i4D,5D,6D,9D,11D. The third-order valence-electron chi connectivity index (χ3n) is 4.43. The monoisotopic (exact) mass is 375 g/mol. The molecule has 0 aliphatic rings. The van der Waals surface area contributed by atoms with Crippen LogP contribution in [-0.2, 0) is 0 Å². The highest BCUT2D eigenvalue weighted by Gasteiger charge is 2.14. The molecule has 1 heterocycles. The molecule has 0 N–H and O–H groups in total. The third kappa shape index (κ3) is 2.52. The summed E-state index contributed by atoms with van der Waals surface area (Å²) in [6.07, 6.45) is 0. The van der Waals surface area contributed by atoms with Gasteiger partial charge in [0.25, 0.3) is 0 Å². The van der Waals surface area contributed by atoms with Crippen LogP contribution >= 0.6 is 22.9 Å². The molecule has 124 valence electrons. The van der Waals surface area contributed by atoms with Crippen molar-refractivity contribution in [1.29, 1.82) is 0 Å². The molecule has 2 heteroatoms. The molecule has 0 saturated carbocycles. The molecule has 5 aromatic rings. The van der Waals surface area contributed by atoms with E-state index < -0.39 is 0 Å². The average molecular weight is 376 g/mol. The zero-order valence-electron chi connectivity index (χ0n) is 18.6. The first-order valence-corrected chi connectivity index (χ1v) is 9.35. The molecule has 0 amide bonds. The van der Waals surface area contributed by atoms with Crippen LogP contribution in [0.4, 0.5) is 0 Å². The van der Waals surface area contributed by atoms with Gasteiger partial charge in [-0.2, -0.15) is 0 Å². The minimum absolute atomic E-state index is 0.0472. The lowest BCUT2D eigenvalue weighted by Gasteiger charge is -2.12. The van der Waals surface area contributed by atoms with Crippen molar-refractivity contribution in [3.63, 3.8) is 0 Å². The van der Waals surface area contributed by atoms with Crippen LogP contribution in [0.5, 0.6) is 0 Å². The first-order chi connectivity index (χ1) is 14.9. The van der Waals surface area contributed by atoms with Gasteiger partial charge < -0.3 is 0 Å². The second kappa shape index (κ2) is 6.28. The van der Waals surface area contributed by atoms with Gasteiger partial charge in [-0.3, -0.25) is 0 Å². The van der Waals surface area contributed by atoms with Crippen molar-refractivity contribution < 1.29 is 6.85 Å². The number of hydrogen-bond acceptors (Lipinski definition) is 1. The largest absolute Gasteiger partial charge is 0.135 e. The quantitative estimate of drug-likeness (QED) is 0.293. The van der Waals surface area contributed by atoms with Gasteiger partial charge in [-0.1, -0.05) is 78.2 Å². The first-order valence-electron chi connectivity index (χ1n) is 10.7. The van der Waals surface area contributed by atoms with E-state index in [2.05, 4.69) is 0 Å². The average Bonchev–Trinajstić information content (AvgIpc) is 3.15. The summed E-state index contributed by atoms with van der Waals surface area (Å²) in [5.41, 5.74) is 3.50. The smallest absolute Gasteiger partial charge is 0.0638 e. The number of fused-ring (bicyclic) bond motifs is 3. The van der Waals surface area contributed by atoms with Crippen LogP contribution < -0.4 is 0 Å². The highest BCUT2D eigenvalue weighted by Crippen LogP contribution is 2.43. The van der Waals surface area contributed by atoms with Gasteiger partial charge in [-0.15, -0.1) is 11.3 Å². The summed E-state index contributed by atoms with van der Waals surface area (Å²) in [5, 5.41) is 1.83. The summed E-state index contributed by atoms with van der Waals surface area (Å²) >= 11 is 7.62. The highest BCUT2D eigenvalue weighted by atomic mass is 35.5. The van der Waals surface area contributed by atoms with E-state index in [-0.39, 0.29) is 24.2 Å². The van der Waals surface area contributed by atoms with Gasteiger partial charge in [0.1, 0.15) is 0 Å². The molecule has 0 saturated heterocycles. The fraction of sp³-hybridized carbons (Fsp3) is 0. The zero-order valence-corrected chi connectivity index (χ0v) is 15.1. The SMILES string of the molecule is [2H]c1cc(-c2ccc(Cl)cc2-c2ccccc2)c2c(c1)sc1c([2H])c([2H])c([2H])c([2H])c12. The van der Waals surface area contributed by atoms with E-state index in [0.29, 0.717) is 21.2 Å². The maximum Gasteiger partial charge on any atom is 0.0638 e. The molecule has 1 aromatic heterocycles. The van der Waals surface area contributed by atoms with Gasteiger partial charge in [0.15, 0.2) is 0 Å². The molecule has 0 atom stereocenters. The fourth-order valence-corrected chi connectivity index (χ4v) is 4.49. The molecule has 0 aliphatic carbocycles. The molecular formula is C24H15ClS. The lowest BCUT2D eigenvalue weighted by Crippen LogP contribution is -1.86. The van der Waals surface area contributed by atoms with Crippen LogP contribution in [0.3, 0.4) is 0 Å². The van der Waals surface area contributed by atoms with Crippen molar-refractivity contribution >= 4 is 43.1 Å². The Kier molecular flexibility index (Phi) is 2.70. The molecule has 5 rings (SSSR count). The Bertz CT molecular complexity index is 1490. The zero-order chi connectivity index (χ0) is 21.9. The number of hydrogen-bond donors (Lipinski definition) is 0. The number of halogens is 1. The van der Waals surface area contributed by atoms with E-state index in [4.69, 9.17) is 18.5 Å². The summed E-state index contributed by atoms with van der Waals surface area (Å²) in [6, 6.07) is 18.6. The fourth-order valence-electron chi connectivity index (χ4n) is 3.30. The highest BCUT2D eigenvalue weighted by molar-refractivity contribution is 7.25. The van der Waals surface area contributed by atoms with E-state index in [1.165, 1.54) is 11.3 Å². The maximum atomic E-state index is 8.54. The second-order valence-electron chi connectivity index (χ2n) is 5.97. The van der Waals surface area contributed by atoms with Crippen LogP contribution in [-0.4, -0.2) is 0 Å². The molecule has 0 spiro atoms. The summed E-state index contributed by atoms with van der Waals surface area (Å²) in [4.78, 5) is 0. The summed E-state index contributed by atoms with van der Waals surface area (Å²) < 4.78 is 42.7. The van der Waals surface area contributed by atoms with E-state index in [1.807, 2.05) is 42.5 Å². The van der Waals surface area contributed by atoms with Gasteiger partial charge in [0, 0.05) is 25.2 Å². The molecular weight excluding hydrogens is 356 g/mol. The summed E-state index contributed by atoms with van der Waals surface area (Å²) in [6.45, 7) is 0. The van der Waals surface area contributed by atoms with E-state index in [0.717, 1.165) is 32.3 Å². The van der Waals surface area contributed by atoms with E-state index >= 15 is 0 Å². The summed E-state index contributed by atoms with van der Waals surface area (Å²) in [7, 11) is 0. The van der Waals surface area contributed by atoms with Gasteiger partial charge in [-0.25, -0.2) is 0 Å². The van der Waals surface area contributed by atoms with Crippen molar-refractivity contribution in [1.82, 2.24) is 0 Å². The lowest BCUT2D eigenvalue weighted by atomic mass is 9.92. The maximum absolute atomic E-state index is 8.54. The normalized spacial score (nSPS) is 14.0. The Morgan fingerprint density at radius 2 is 1.58 bits per heavy atom. The molecule has 0 radical (unpaired) electrons. The van der Waals surface area contributed by atoms with Gasteiger partial charge in [0.2, 0.25) is 0 Å². The molecule has 0 unspecified atom stereocenters. The Morgan fingerprint density at radius 1 is 0.731 bits per heavy atom. The van der Waals surface area contributed by atoms with Crippen LogP contribution in [0.1, 0.15) is 6.85 Å². The Hall–Kier alpha value is -2.61. The predicted octanol–water partition coefficient (Wildman–Crippen LogP) is 8.04. The summed E-state index contributed by atoms with van der Waals surface area (Å²) in [5.74, 6) is 0. The van der Waals surface area contributed by atoms with Gasteiger partial charge in [-0.05, 0) is 46.5 Å². The molecule has 0 nitrogen and oxygen atoms in total. The molecule has 26 heavy (non-hydrogen) atoms. The number of benzene rings is 4. The number of rotatable bonds is 2. The van der Waals surface area contributed by atoms with Crippen LogP contribution in [0.25, 0.3) is 42.4 Å². The Morgan fingerprint density at radius 3 is 2.46 bits per heavy atom. The van der Waals surface area contributed by atoms with E-state index in [9.17, 15) is 0 Å². The molecule has 0 aliphatic heterocycles. The number of thiophene rings is 1. The van der Waals surface area contributed by atoms with Crippen molar-refractivity contribution in [2.75, 3.05) is 0 Å². The van der Waals surface area contributed by atoms with Crippen LogP contribution in [0, 0.1) is 0 Å². The first kappa shape index (κ1) is 11.2. The molecule has 0 fully saturated rings. The third-order valence-corrected chi connectivity index (χ3v) is 5.72. The minimum Gasteiger partial charge on any atom is -0.135 e. The Balaban J connectivity index is 1.96. The molecule has 0 bridgehead atoms. The predicted molar refractivity (Wildman–Crippen MR) is 115 cm³/mol. The van der Waals surface area contributed by atoms with Gasteiger partial charge >= 0.3 is 0 Å². The van der Waals surface area contributed by atoms with Crippen LogP contribution in [0.15, 0.2) is 90.9 Å². The van der Waals surface area contributed by atoms with Crippen molar-refractivity contribution in [2.24, 2.45) is 0 Å². The van der Waals surface area contributed by atoms with Crippen molar-refractivity contribution in [3.05, 3.63) is 95.9 Å². The van der Waals surface area contributed by atoms with E-state index in [1.54, 1.807) is 18.2 Å². The van der Waals surface area contributed by atoms with Crippen molar-refractivity contribution in [2.45, 2.75) is 0 Å². The van der Waals surface area contributed by atoms with Gasteiger partial charge in [0.05, 0.1) is 6.85 Å². The minimum atomic E-state index is -0.252. The second-order valence-corrected chi connectivity index (χ2v) is 7.46. The Labute approximate surface area is 168 Å². The topological polar surface area (TPSA) is 0 Å². The lowest BCUT2D eigenvalue weighted by molar-refractivity contribution is 1.60. The van der Waals surface area contributed by atoms with Crippen molar-refractivity contribution in [3.8, 4) is 22.3 Å².